The lowest BCUT2D eigenvalue weighted by Gasteiger charge is -2.03. The molecule has 1 aromatic heterocycles. The largest absolute Gasteiger partial charge is 0.507 e. The fourth-order valence-corrected chi connectivity index (χ4v) is 2.89. The molecule has 9 nitrogen and oxygen atoms in total. The number of carbonyl (C=O) groups is 1. The number of phenols is 1. The number of methoxy groups -OCH3 is 1. The molecule has 1 heterocycles. The predicted molar refractivity (Wildman–Crippen MR) is 111 cm³/mol. The lowest BCUT2D eigenvalue weighted by molar-refractivity contribution is -0.118. The van der Waals surface area contributed by atoms with Gasteiger partial charge in [0.2, 0.25) is 17.0 Å². The molecule has 150 valence electrons. The number of amides is 1. The van der Waals surface area contributed by atoms with Crippen LogP contribution in [-0.4, -0.2) is 45.3 Å². The molecule has 0 fully saturated rings. The van der Waals surface area contributed by atoms with E-state index in [-0.39, 0.29) is 17.4 Å². The molecular formula is C19H20N6O3S. The number of hydrazone groups is 1. The third-order valence-electron chi connectivity index (χ3n) is 3.74. The van der Waals surface area contributed by atoms with Gasteiger partial charge in [-0.25, -0.2) is 10.5 Å². The first-order chi connectivity index (χ1) is 14.1. The molecule has 0 saturated carbocycles. The Morgan fingerprint density at radius 1 is 1.31 bits per heavy atom. The Morgan fingerprint density at radius 3 is 2.93 bits per heavy atom. The quantitative estimate of drug-likeness (QED) is 0.242. The van der Waals surface area contributed by atoms with Crippen LogP contribution in [0, 0.1) is 0 Å². The van der Waals surface area contributed by atoms with Crippen molar-refractivity contribution in [2.45, 2.75) is 11.7 Å². The molecule has 0 saturated heterocycles. The van der Waals surface area contributed by atoms with Gasteiger partial charge in [0.15, 0.2) is 0 Å². The Balaban J connectivity index is 1.45. The molecule has 0 atom stereocenters. The summed E-state index contributed by atoms with van der Waals surface area (Å²) >= 11 is 1.21. The zero-order chi connectivity index (χ0) is 20.5. The van der Waals surface area contributed by atoms with Crippen LogP contribution in [0.5, 0.6) is 11.5 Å². The number of anilines is 1. The monoisotopic (exact) mass is 412 g/mol. The zero-order valence-electron chi connectivity index (χ0n) is 15.6. The average Bonchev–Trinajstić information content (AvgIpc) is 3.20. The molecule has 0 aliphatic rings. The molecule has 3 aromatic rings. The molecule has 0 aliphatic carbocycles. The van der Waals surface area contributed by atoms with Crippen molar-refractivity contribution in [3.8, 4) is 11.5 Å². The fourth-order valence-electron chi connectivity index (χ4n) is 2.26. The molecule has 2 aromatic carbocycles. The molecule has 4 N–H and O–H groups in total. The van der Waals surface area contributed by atoms with Crippen LogP contribution in [0.15, 0.2) is 58.8 Å². The van der Waals surface area contributed by atoms with Crippen molar-refractivity contribution < 1.29 is 14.6 Å². The van der Waals surface area contributed by atoms with Crippen LogP contribution in [0.1, 0.15) is 11.1 Å². The van der Waals surface area contributed by atoms with Gasteiger partial charge in [-0.3, -0.25) is 4.79 Å². The van der Waals surface area contributed by atoms with Gasteiger partial charge in [0.05, 0.1) is 19.1 Å². The number of aromatic nitrogens is 3. The molecule has 0 bridgehead atoms. The van der Waals surface area contributed by atoms with Gasteiger partial charge in [0.25, 0.3) is 0 Å². The number of thioether (sulfide) groups is 1. The molecule has 3 rings (SSSR count). The molecule has 10 heteroatoms. The summed E-state index contributed by atoms with van der Waals surface area (Å²) in [5.74, 6) is 1.09. The average molecular weight is 412 g/mol. The van der Waals surface area contributed by atoms with E-state index in [2.05, 4.69) is 31.0 Å². The Morgan fingerprint density at radius 2 is 2.14 bits per heavy atom. The highest BCUT2D eigenvalue weighted by atomic mass is 32.2. The summed E-state index contributed by atoms with van der Waals surface area (Å²) in [4.78, 5) is 16.1. The number of phenolic OH excluding ortho intramolecular Hbond substituents is 1. The van der Waals surface area contributed by atoms with Crippen LogP contribution in [0.4, 0.5) is 5.95 Å². The Hall–Kier alpha value is -3.53. The lowest BCUT2D eigenvalue weighted by Crippen LogP contribution is -2.24. The van der Waals surface area contributed by atoms with Gasteiger partial charge in [-0.05, 0) is 23.8 Å². The fraction of sp³-hybridized carbons (Fsp3) is 0.158. The van der Waals surface area contributed by atoms with Crippen molar-refractivity contribution in [1.82, 2.24) is 20.5 Å². The van der Waals surface area contributed by atoms with Crippen molar-refractivity contribution in [2.24, 2.45) is 5.10 Å². The van der Waals surface area contributed by atoms with Crippen LogP contribution in [-0.2, 0) is 11.3 Å². The number of aromatic amines is 1. The van der Waals surface area contributed by atoms with E-state index in [1.165, 1.54) is 24.0 Å². The maximum atomic E-state index is 11.9. The highest BCUT2D eigenvalue weighted by Gasteiger charge is 2.07. The first-order valence-corrected chi connectivity index (χ1v) is 9.64. The summed E-state index contributed by atoms with van der Waals surface area (Å²) in [5, 5.41) is 23.8. The summed E-state index contributed by atoms with van der Waals surface area (Å²) in [7, 11) is 1.54. The van der Waals surface area contributed by atoms with E-state index in [9.17, 15) is 9.90 Å². The lowest BCUT2D eigenvalue weighted by atomic mass is 10.2. The van der Waals surface area contributed by atoms with Gasteiger partial charge in [0.1, 0.15) is 11.5 Å². The molecule has 0 spiro atoms. The molecule has 0 radical (unpaired) electrons. The topological polar surface area (TPSA) is 125 Å². The first kappa shape index (κ1) is 20.2. The summed E-state index contributed by atoms with van der Waals surface area (Å²) in [6.07, 6.45) is 1.43. The van der Waals surface area contributed by atoms with Crippen LogP contribution in [0.2, 0.25) is 0 Å². The van der Waals surface area contributed by atoms with Gasteiger partial charge < -0.3 is 15.2 Å². The smallest absolute Gasteiger partial charge is 0.240 e. The molecule has 1 amide bonds. The summed E-state index contributed by atoms with van der Waals surface area (Å²) in [6, 6.07) is 14.5. The van der Waals surface area contributed by atoms with Gasteiger partial charge in [-0.1, -0.05) is 42.1 Å². The molecule has 29 heavy (non-hydrogen) atoms. The van der Waals surface area contributed by atoms with E-state index in [0.717, 1.165) is 5.56 Å². The first-order valence-electron chi connectivity index (χ1n) is 8.66. The number of ether oxygens (including phenoxy) is 1. The number of nitrogens with one attached hydrogen (secondary N) is 3. The number of H-pyrrole nitrogens is 1. The minimum absolute atomic E-state index is 0.0756. The standard InChI is InChI=1S/C19H20N6O3S/c1-28-15-7-8-16(26)14(9-15)11-21-23-18-22-19(25-24-18)29-12-17(27)20-10-13-5-3-2-4-6-13/h2-9,11,26H,10,12H2,1H3,(H,20,27)(H2,22,23,24,25)/b21-11+. The predicted octanol–water partition coefficient (Wildman–Crippen LogP) is 2.37. The minimum Gasteiger partial charge on any atom is -0.507 e. The van der Waals surface area contributed by atoms with Crippen molar-refractivity contribution >= 4 is 29.8 Å². The van der Waals surface area contributed by atoms with Gasteiger partial charge in [0, 0.05) is 12.1 Å². The van der Waals surface area contributed by atoms with Gasteiger partial charge in [-0.2, -0.15) is 10.1 Å². The third-order valence-corrected chi connectivity index (χ3v) is 4.59. The van der Waals surface area contributed by atoms with Crippen molar-refractivity contribution in [1.29, 1.82) is 0 Å². The minimum atomic E-state index is -0.107. The number of hydrogen-bond acceptors (Lipinski definition) is 8. The number of benzene rings is 2. The third kappa shape index (κ3) is 6.25. The number of aromatic hydroxyl groups is 1. The highest BCUT2D eigenvalue weighted by Crippen LogP contribution is 2.21. The van der Waals surface area contributed by atoms with E-state index in [1.54, 1.807) is 19.2 Å². The normalized spacial score (nSPS) is 10.8. The number of rotatable bonds is 9. The molecular weight excluding hydrogens is 392 g/mol. The van der Waals surface area contributed by atoms with Crippen LogP contribution in [0.3, 0.4) is 0 Å². The number of nitrogens with zero attached hydrogens (tertiary/aromatic N) is 3. The second kappa shape index (κ2) is 10.1. The summed E-state index contributed by atoms with van der Waals surface area (Å²) in [6.45, 7) is 0.479. The van der Waals surface area contributed by atoms with Crippen molar-refractivity contribution in [3.05, 3.63) is 59.7 Å². The van der Waals surface area contributed by atoms with Crippen LogP contribution >= 0.6 is 11.8 Å². The van der Waals surface area contributed by atoms with E-state index in [0.29, 0.717) is 29.0 Å². The van der Waals surface area contributed by atoms with E-state index >= 15 is 0 Å². The summed E-state index contributed by atoms with van der Waals surface area (Å²) < 4.78 is 5.11. The Bertz CT molecular complexity index is 977. The maximum Gasteiger partial charge on any atom is 0.240 e. The maximum absolute atomic E-state index is 11.9. The SMILES string of the molecule is COc1ccc(O)c(/C=N/Nc2nc(SCC(=O)NCc3ccccc3)n[nH]2)c1. The Labute approximate surface area is 171 Å². The van der Waals surface area contributed by atoms with E-state index in [4.69, 9.17) is 4.74 Å². The van der Waals surface area contributed by atoms with Gasteiger partial charge >= 0.3 is 0 Å². The molecule has 0 unspecified atom stereocenters. The van der Waals surface area contributed by atoms with Crippen molar-refractivity contribution in [3.63, 3.8) is 0 Å². The Kier molecular flexibility index (Phi) is 7.06. The van der Waals surface area contributed by atoms with Crippen LogP contribution in [0.25, 0.3) is 0 Å². The summed E-state index contributed by atoms with van der Waals surface area (Å²) in [5.41, 5.74) is 4.21. The number of carbonyl (C=O) groups excluding carboxylic acids is 1. The van der Waals surface area contributed by atoms with Gasteiger partial charge in [-0.15, -0.1) is 5.10 Å². The second-order valence-electron chi connectivity index (χ2n) is 5.81. The van der Waals surface area contributed by atoms with E-state index in [1.807, 2.05) is 30.3 Å². The van der Waals surface area contributed by atoms with Crippen LogP contribution < -0.4 is 15.5 Å². The van der Waals surface area contributed by atoms with Crippen molar-refractivity contribution in [2.75, 3.05) is 18.3 Å². The van der Waals surface area contributed by atoms with E-state index < -0.39 is 0 Å². The zero-order valence-corrected chi connectivity index (χ0v) is 16.4. The second-order valence-corrected chi connectivity index (χ2v) is 6.75. The highest BCUT2D eigenvalue weighted by molar-refractivity contribution is 7.99. The molecule has 0 aliphatic heterocycles. The number of hydrogen-bond donors (Lipinski definition) is 4.